The number of aryl methyl sites for hydroxylation is 1. The SMILES string of the molecule is Cc1ccc(NC(=S)Nc2ccc(Cl)c(C(F)(F)F)c2)cc1. The van der Waals surface area contributed by atoms with E-state index in [1.165, 1.54) is 12.1 Å². The van der Waals surface area contributed by atoms with Crippen LogP contribution < -0.4 is 10.6 Å². The zero-order chi connectivity index (χ0) is 16.3. The molecule has 0 saturated carbocycles. The molecule has 0 heterocycles. The topological polar surface area (TPSA) is 24.1 Å². The van der Waals surface area contributed by atoms with Crippen molar-refractivity contribution in [1.82, 2.24) is 0 Å². The summed E-state index contributed by atoms with van der Waals surface area (Å²) in [5.41, 5.74) is 1.14. The molecule has 0 radical (unpaired) electrons. The van der Waals surface area contributed by atoms with Gasteiger partial charge >= 0.3 is 6.18 Å². The summed E-state index contributed by atoms with van der Waals surface area (Å²) in [6.45, 7) is 1.95. The van der Waals surface area contributed by atoms with Crippen LogP contribution in [0.3, 0.4) is 0 Å². The van der Waals surface area contributed by atoms with Crippen LogP contribution in [0.15, 0.2) is 42.5 Å². The Hall–Kier alpha value is -1.79. The molecule has 2 N–H and O–H groups in total. The van der Waals surface area contributed by atoms with Crippen molar-refractivity contribution >= 4 is 40.3 Å². The van der Waals surface area contributed by atoms with E-state index in [0.29, 0.717) is 0 Å². The predicted octanol–water partition coefficient (Wildman–Crippen LogP) is 5.48. The highest BCUT2D eigenvalue weighted by atomic mass is 35.5. The van der Waals surface area contributed by atoms with Gasteiger partial charge in [-0.15, -0.1) is 0 Å². The molecule has 116 valence electrons. The van der Waals surface area contributed by atoms with Crippen molar-refractivity contribution in [2.24, 2.45) is 0 Å². The monoisotopic (exact) mass is 344 g/mol. The van der Waals surface area contributed by atoms with Crippen LogP contribution in [0.4, 0.5) is 24.5 Å². The lowest BCUT2D eigenvalue weighted by Gasteiger charge is -2.14. The van der Waals surface area contributed by atoms with E-state index in [4.69, 9.17) is 23.8 Å². The Kier molecular flexibility index (Phi) is 4.93. The molecule has 0 bridgehead atoms. The number of hydrogen-bond acceptors (Lipinski definition) is 1. The van der Waals surface area contributed by atoms with E-state index in [-0.39, 0.29) is 15.8 Å². The Bertz CT molecular complexity index is 684. The van der Waals surface area contributed by atoms with Gasteiger partial charge in [0.05, 0.1) is 10.6 Å². The molecule has 0 aliphatic heterocycles. The first-order valence-electron chi connectivity index (χ1n) is 6.27. The van der Waals surface area contributed by atoms with E-state index in [1.54, 1.807) is 0 Å². The van der Waals surface area contributed by atoms with Gasteiger partial charge in [-0.2, -0.15) is 13.2 Å². The fourth-order valence-electron chi connectivity index (χ4n) is 1.75. The van der Waals surface area contributed by atoms with Crippen LogP contribution in [0.5, 0.6) is 0 Å². The first-order chi connectivity index (χ1) is 10.3. The van der Waals surface area contributed by atoms with E-state index in [1.807, 2.05) is 31.2 Å². The van der Waals surface area contributed by atoms with Gasteiger partial charge in [0.1, 0.15) is 0 Å². The molecule has 2 rings (SSSR count). The number of benzene rings is 2. The lowest BCUT2D eigenvalue weighted by atomic mass is 10.2. The smallest absolute Gasteiger partial charge is 0.332 e. The lowest BCUT2D eigenvalue weighted by Crippen LogP contribution is -2.19. The van der Waals surface area contributed by atoms with E-state index in [2.05, 4.69) is 10.6 Å². The molecule has 0 unspecified atom stereocenters. The van der Waals surface area contributed by atoms with Crippen LogP contribution in [-0.2, 0) is 6.18 Å². The van der Waals surface area contributed by atoms with Crippen molar-refractivity contribution in [3.63, 3.8) is 0 Å². The van der Waals surface area contributed by atoms with E-state index in [0.717, 1.165) is 17.3 Å². The van der Waals surface area contributed by atoms with Gasteiger partial charge in [-0.1, -0.05) is 29.3 Å². The normalized spacial score (nSPS) is 11.1. The van der Waals surface area contributed by atoms with Gasteiger partial charge in [0.15, 0.2) is 5.11 Å². The minimum absolute atomic E-state index is 0.194. The number of hydrogen-bond donors (Lipinski definition) is 2. The summed E-state index contributed by atoms with van der Waals surface area (Å²) in [5, 5.41) is 5.45. The molecule has 0 spiro atoms. The van der Waals surface area contributed by atoms with E-state index >= 15 is 0 Å². The van der Waals surface area contributed by atoms with Crippen molar-refractivity contribution in [3.8, 4) is 0 Å². The Morgan fingerprint density at radius 2 is 1.55 bits per heavy atom. The molecule has 2 aromatic carbocycles. The molecule has 22 heavy (non-hydrogen) atoms. The number of halogens is 4. The van der Waals surface area contributed by atoms with Crippen molar-refractivity contribution < 1.29 is 13.2 Å². The van der Waals surface area contributed by atoms with E-state index in [9.17, 15) is 13.2 Å². The quantitative estimate of drug-likeness (QED) is 0.706. The average Bonchev–Trinajstić information content (AvgIpc) is 2.42. The molecular formula is C15H12ClF3N2S. The Labute approximate surface area is 136 Å². The number of anilines is 2. The first-order valence-corrected chi connectivity index (χ1v) is 7.06. The molecule has 0 aliphatic carbocycles. The zero-order valence-corrected chi connectivity index (χ0v) is 13.0. The van der Waals surface area contributed by atoms with Crippen LogP contribution in [0.1, 0.15) is 11.1 Å². The molecule has 7 heteroatoms. The molecule has 0 aromatic heterocycles. The molecule has 0 saturated heterocycles. The Morgan fingerprint density at radius 1 is 1.00 bits per heavy atom. The minimum Gasteiger partial charge on any atom is -0.332 e. The van der Waals surface area contributed by atoms with Crippen LogP contribution >= 0.6 is 23.8 Å². The van der Waals surface area contributed by atoms with Crippen molar-refractivity contribution in [3.05, 3.63) is 58.6 Å². The summed E-state index contributed by atoms with van der Waals surface area (Å²) in [6, 6.07) is 11.0. The average molecular weight is 345 g/mol. The summed E-state index contributed by atoms with van der Waals surface area (Å²) in [6.07, 6.45) is -4.51. The molecule has 0 aliphatic rings. The second-order valence-corrected chi connectivity index (χ2v) is 5.45. The van der Waals surface area contributed by atoms with Gasteiger partial charge in [-0.05, 0) is 49.5 Å². The summed E-state index contributed by atoms with van der Waals surface area (Å²) < 4.78 is 38.4. The zero-order valence-electron chi connectivity index (χ0n) is 11.5. The third-order valence-electron chi connectivity index (χ3n) is 2.84. The largest absolute Gasteiger partial charge is 0.417 e. The molecule has 2 aromatic rings. The van der Waals surface area contributed by atoms with Gasteiger partial charge in [-0.25, -0.2) is 0 Å². The second kappa shape index (κ2) is 6.54. The van der Waals surface area contributed by atoms with Crippen LogP contribution in [0, 0.1) is 6.92 Å². The number of rotatable bonds is 2. The molecule has 0 atom stereocenters. The molecule has 2 nitrogen and oxygen atoms in total. The third-order valence-corrected chi connectivity index (χ3v) is 3.37. The van der Waals surface area contributed by atoms with Gasteiger partial charge in [0, 0.05) is 11.4 Å². The summed E-state index contributed by atoms with van der Waals surface area (Å²) in [5.74, 6) is 0. The van der Waals surface area contributed by atoms with Gasteiger partial charge in [0.25, 0.3) is 0 Å². The van der Waals surface area contributed by atoms with Gasteiger partial charge in [-0.3, -0.25) is 0 Å². The fourth-order valence-corrected chi connectivity index (χ4v) is 2.21. The van der Waals surface area contributed by atoms with Gasteiger partial charge in [0.2, 0.25) is 0 Å². The predicted molar refractivity (Wildman–Crippen MR) is 87.5 cm³/mol. The first kappa shape index (κ1) is 16.6. The highest BCUT2D eigenvalue weighted by Gasteiger charge is 2.33. The number of alkyl halides is 3. The van der Waals surface area contributed by atoms with Crippen LogP contribution in [0.25, 0.3) is 0 Å². The van der Waals surface area contributed by atoms with Gasteiger partial charge < -0.3 is 10.6 Å². The lowest BCUT2D eigenvalue weighted by molar-refractivity contribution is -0.137. The third kappa shape index (κ3) is 4.35. The highest BCUT2D eigenvalue weighted by Crippen LogP contribution is 2.36. The van der Waals surface area contributed by atoms with E-state index < -0.39 is 11.7 Å². The summed E-state index contributed by atoms with van der Waals surface area (Å²) >= 11 is 10.6. The fraction of sp³-hybridized carbons (Fsp3) is 0.133. The molecular weight excluding hydrogens is 333 g/mol. The Morgan fingerprint density at radius 3 is 2.14 bits per heavy atom. The second-order valence-electron chi connectivity index (χ2n) is 4.64. The standard InChI is InChI=1S/C15H12ClF3N2S/c1-9-2-4-10(5-3-9)20-14(22)21-11-6-7-13(16)12(8-11)15(17,18)19/h2-8H,1H3,(H2,20,21,22). The maximum absolute atomic E-state index is 12.8. The van der Waals surface area contributed by atoms with Crippen molar-refractivity contribution in [1.29, 1.82) is 0 Å². The maximum Gasteiger partial charge on any atom is 0.417 e. The molecule has 0 fully saturated rings. The molecule has 0 amide bonds. The summed E-state index contributed by atoms with van der Waals surface area (Å²) in [7, 11) is 0. The highest BCUT2D eigenvalue weighted by molar-refractivity contribution is 7.80. The number of nitrogens with one attached hydrogen (secondary N) is 2. The summed E-state index contributed by atoms with van der Waals surface area (Å²) in [4.78, 5) is 0. The minimum atomic E-state index is -4.51. The van der Waals surface area contributed by atoms with Crippen molar-refractivity contribution in [2.75, 3.05) is 10.6 Å². The van der Waals surface area contributed by atoms with Crippen LogP contribution in [0.2, 0.25) is 5.02 Å². The number of thiocarbonyl (C=S) groups is 1. The maximum atomic E-state index is 12.8. The van der Waals surface area contributed by atoms with Crippen LogP contribution in [-0.4, -0.2) is 5.11 Å². The Balaban J connectivity index is 2.10. The van der Waals surface area contributed by atoms with Crippen molar-refractivity contribution in [2.45, 2.75) is 13.1 Å².